The monoisotopic (exact) mass is 272 g/mol. The maximum atomic E-state index is 11.8. The molecule has 2 heterocycles. The van der Waals surface area contributed by atoms with Crippen molar-refractivity contribution in [2.75, 3.05) is 4.72 Å². The van der Waals surface area contributed by atoms with Crippen molar-refractivity contribution < 1.29 is 8.42 Å². The first-order chi connectivity index (χ1) is 7.99. The second kappa shape index (κ2) is 4.46. The van der Waals surface area contributed by atoms with Crippen molar-refractivity contribution in [2.24, 2.45) is 0 Å². The average molecular weight is 272 g/mol. The fraction of sp³-hybridized carbons (Fsp3) is 0.333. The van der Waals surface area contributed by atoms with Crippen LogP contribution in [0.4, 0.5) is 5.13 Å². The van der Waals surface area contributed by atoms with Crippen LogP contribution >= 0.6 is 11.3 Å². The molecular formula is C9H12N4O2S2. The van der Waals surface area contributed by atoms with Crippen molar-refractivity contribution in [2.45, 2.75) is 24.8 Å². The molecular weight excluding hydrogens is 260 g/mol. The number of rotatable bonds is 4. The first kappa shape index (κ1) is 12.1. The van der Waals surface area contributed by atoms with Gasteiger partial charge in [-0.15, -0.1) is 11.3 Å². The van der Waals surface area contributed by atoms with Gasteiger partial charge in [-0.2, -0.15) is 8.42 Å². The number of aromatic nitrogens is 3. The molecule has 2 aromatic rings. The fourth-order valence-electron chi connectivity index (χ4n) is 1.16. The Morgan fingerprint density at radius 2 is 2.24 bits per heavy atom. The van der Waals surface area contributed by atoms with E-state index in [0.29, 0.717) is 5.13 Å². The highest BCUT2D eigenvalue weighted by molar-refractivity contribution is 7.92. The molecule has 0 spiro atoms. The molecule has 2 aromatic heterocycles. The maximum Gasteiger partial charge on any atom is 0.280 e. The lowest BCUT2D eigenvalue weighted by molar-refractivity contribution is 0.598. The predicted octanol–water partition coefficient (Wildman–Crippen LogP) is 1.79. The Hall–Kier alpha value is -1.41. The summed E-state index contributed by atoms with van der Waals surface area (Å²) in [7, 11) is -3.60. The zero-order chi connectivity index (χ0) is 12.5. The molecule has 0 fully saturated rings. The Labute approximate surface area is 103 Å². The summed E-state index contributed by atoms with van der Waals surface area (Å²) >= 11 is 1.27. The van der Waals surface area contributed by atoms with E-state index in [1.807, 2.05) is 19.2 Å². The number of anilines is 1. The summed E-state index contributed by atoms with van der Waals surface area (Å²) in [5.41, 5.74) is 0.873. The molecule has 6 nitrogen and oxygen atoms in total. The molecule has 0 aliphatic heterocycles. The van der Waals surface area contributed by atoms with Gasteiger partial charge in [0.25, 0.3) is 10.0 Å². The summed E-state index contributed by atoms with van der Waals surface area (Å²) in [6.45, 7) is 4.00. The average Bonchev–Trinajstić information content (AvgIpc) is 2.85. The number of hydrogen-bond acceptors (Lipinski definition) is 5. The molecule has 92 valence electrons. The first-order valence-electron chi connectivity index (χ1n) is 4.95. The minimum Gasteiger partial charge on any atom is -0.334 e. The SMILES string of the molecule is CC(C)c1csc(NS(=O)(=O)c2cnc[nH]2)n1. The second-order valence-corrected chi connectivity index (χ2v) is 6.26. The molecule has 0 amide bonds. The molecule has 0 saturated carbocycles. The molecule has 0 unspecified atom stereocenters. The van der Waals surface area contributed by atoms with E-state index in [1.54, 1.807) is 0 Å². The summed E-state index contributed by atoms with van der Waals surface area (Å²) in [6, 6.07) is 0. The van der Waals surface area contributed by atoms with Crippen molar-refractivity contribution in [3.8, 4) is 0 Å². The number of H-pyrrole nitrogens is 1. The van der Waals surface area contributed by atoms with Crippen LogP contribution in [0, 0.1) is 0 Å². The lowest BCUT2D eigenvalue weighted by atomic mass is 10.2. The van der Waals surface area contributed by atoms with Crippen LogP contribution in [-0.2, 0) is 10.0 Å². The van der Waals surface area contributed by atoms with Crippen molar-refractivity contribution in [3.05, 3.63) is 23.6 Å². The van der Waals surface area contributed by atoms with Crippen LogP contribution in [0.5, 0.6) is 0 Å². The van der Waals surface area contributed by atoms with E-state index in [2.05, 4.69) is 19.7 Å². The quantitative estimate of drug-likeness (QED) is 0.888. The Morgan fingerprint density at radius 3 is 2.76 bits per heavy atom. The van der Waals surface area contributed by atoms with Gasteiger partial charge in [-0.25, -0.2) is 9.97 Å². The topological polar surface area (TPSA) is 87.7 Å². The van der Waals surface area contributed by atoms with E-state index >= 15 is 0 Å². The van der Waals surface area contributed by atoms with Gasteiger partial charge in [-0.3, -0.25) is 4.72 Å². The fourth-order valence-corrected chi connectivity index (χ4v) is 3.19. The molecule has 2 rings (SSSR count). The van der Waals surface area contributed by atoms with Crippen molar-refractivity contribution >= 4 is 26.5 Å². The molecule has 0 aliphatic carbocycles. The van der Waals surface area contributed by atoms with Crippen LogP contribution in [-0.4, -0.2) is 23.4 Å². The summed E-state index contributed by atoms with van der Waals surface area (Å²) < 4.78 is 26.1. The van der Waals surface area contributed by atoms with Gasteiger partial charge in [-0.1, -0.05) is 13.8 Å². The minimum atomic E-state index is -3.60. The summed E-state index contributed by atoms with van der Waals surface area (Å²) in [4.78, 5) is 10.4. The summed E-state index contributed by atoms with van der Waals surface area (Å²) in [5, 5.41) is 2.23. The van der Waals surface area contributed by atoms with E-state index in [-0.39, 0.29) is 10.9 Å². The van der Waals surface area contributed by atoms with Gasteiger partial charge in [-0.05, 0) is 5.92 Å². The second-order valence-electron chi connectivity index (χ2n) is 3.75. The van der Waals surface area contributed by atoms with Crippen LogP contribution in [0.3, 0.4) is 0 Å². The largest absolute Gasteiger partial charge is 0.334 e. The van der Waals surface area contributed by atoms with E-state index in [1.165, 1.54) is 23.9 Å². The number of nitrogens with one attached hydrogen (secondary N) is 2. The molecule has 17 heavy (non-hydrogen) atoms. The van der Waals surface area contributed by atoms with Gasteiger partial charge < -0.3 is 4.98 Å². The Kier molecular flexibility index (Phi) is 3.16. The van der Waals surface area contributed by atoms with Crippen LogP contribution in [0.25, 0.3) is 0 Å². The highest BCUT2D eigenvalue weighted by Gasteiger charge is 2.17. The zero-order valence-electron chi connectivity index (χ0n) is 9.34. The molecule has 8 heteroatoms. The van der Waals surface area contributed by atoms with E-state index < -0.39 is 10.0 Å². The van der Waals surface area contributed by atoms with E-state index in [4.69, 9.17) is 0 Å². The van der Waals surface area contributed by atoms with Gasteiger partial charge in [0.2, 0.25) is 0 Å². The summed E-state index contributed by atoms with van der Waals surface area (Å²) in [5.74, 6) is 0.275. The standard InChI is InChI=1S/C9H12N4O2S2/c1-6(2)7-4-16-9(12-7)13-17(14,15)8-3-10-5-11-8/h3-6H,1-2H3,(H,10,11)(H,12,13). The Bertz CT molecular complexity index is 586. The van der Waals surface area contributed by atoms with Crippen LogP contribution in [0.1, 0.15) is 25.5 Å². The van der Waals surface area contributed by atoms with Gasteiger partial charge in [0, 0.05) is 5.38 Å². The lowest BCUT2D eigenvalue weighted by Crippen LogP contribution is -2.13. The predicted molar refractivity (Wildman–Crippen MR) is 65.6 cm³/mol. The van der Waals surface area contributed by atoms with E-state index in [9.17, 15) is 8.42 Å². The number of imidazole rings is 1. The molecule has 0 aromatic carbocycles. The number of thiazole rings is 1. The van der Waals surface area contributed by atoms with Crippen LogP contribution < -0.4 is 4.72 Å². The maximum absolute atomic E-state index is 11.8. The number of aromatic amines is 1. The van der Waals surface area contributed by atoms with Gasteiger partial charge in [0.15, 0.2) is 10.2 Å². The highest BCUT2D eigenvalue weighted by Crippen LogP contribution is 2.23. The van der Waals surface area contributed by atoms with Crippen molar-refractivity contribution in [1.82, 2.24) is 15.0 Å². The van der Waals surface area contributed by atoms with Crippen molar-refractivity contribution in [3.63, 3.8) is 0 Å². The molecule has 0 bridgehead atoms. The normalized spacial score (nSPS) is 11.9. The lowest BCUT2D eigenvalue weighted by Gasteiger charge is -2.02. The third kappa shape index (κ3) is 2.64. The first-order valence-corrected chi connectivity index (χ1v) is 7.32. The highest BCUT2D eigenvalue weighted by atomic mass is 32.2. The summed E-state index contributed by atoms with van der Waals surface area (Å²) in [6.07, 6.45) is 2.56. The molecule has 0 atom stereocenters. The Balaban J connectivity index is 2.21. The minimum absolute atomic E-state index is 0.0267. The smallest absolute Gasteiger partial charge is 0.280 e. The number of nitrogens with zero attached hydrogens (tertiary/aromatic N) is 2. The third-order valence-corrected chi connectivity index (χ3v) is 4.27. The Morgan fingerprint density at radius 1 is 1.47 bits per heavy atom. The molecule has 0 saturated heterocycles. The number of hydrogen-bond donors (Lipinski definition) is 2. The van der Waals surface area contributed by atoms with E-state index in [0.717, 1.165) is 5.69 Å². The molecule has 0 aliphatic rings. The van der Waals surface area contributed by atoms with Gasteiger partial charge in [0.05, 0.1) is 18.2 Å². The van der Waals surface area contributed by atoms with Gasteiger partial charge in [0.1, 0.15) is 0 Å². The molecule has 0 radical (unpaired) electrons. The van der Waals surface area contributed by atoms with Crippen molar-refractivity contribution in [1.29, 1.82) is 0 Å². The van der Waals surface area contributed by atoms with Crippen LogP contribution in [0.15, 0.2) is 22.9 Å². The number of sulfonamides is 1. The third-order valence-electron chi connectivity index (χ3n) is 2.10. The zero-order valence-corrected chi connectivity index (χ0v) is 11.0. The van der Waals surface area contributed by atoms with Gasteiger partial charge >= 0.3 is 0 Å². The molecule has 2 N–H and O–H groups in total. The van der Waals surface area contributed by atoms with Crippen LogP contribution in [0.2, 0.25) is 0 Å².